The van der Waals surface area contributed by atoms with Crippen LogP contribution in [0.15, 0.2) is 68.6 Å². The predicted octanol–water partition coefficient (Wildman–Crippen LogP) is 5.79. The van der Waals surface area contributed by atoms with Crippen LogP contribution in [0.1, 0.15) is 50.7 Å². The van der Waals surface area contributed by atoms with Crippen LogP contribution in [0.3, 0.4) is 0 Å². The molecule has 2 N–H and O–H groups in total. The van der Waals surface area contributed by atoms with E-state index < -0.39 is 0 Å². The number of rotatable bonds is 8. The highest BCUT2D eigenvalue weighted by Crippen LogP contribution is 2.28. The van der Waals surface area contributed by atoms with Gasteiger partial charge in [-0.15, -0.1) is 0 Å². The normalized spacial score (nSPS) is 12.4. The van der Waals surface area contributed by atoms with Gasteiger partial charge in [0.15, 0.2) is 0 Å². The number of hydrogen-bond acceptors (Lipinski definition) is 5. The first-order valence-corrected chi connectivity index (χ1v) is 9.34. The molecule has 2 aromatic carbocycles. The summed E-state index contributed by atoms with van der Waals surface area (Å²) in [7, 11) is 0. The van der Waals surface area contributed by atoms with Gasteiger partial charge in [0.1, 0.15) is 0 Å². The van der Waals surface area contributed by atoms with Gasteiger partial charge in [0, 0.05) is 9.79 Å². The van der Waals surface area contributed by atoms with Crippen LogP contribution < -0.4 is 0 Å². The molecule has 0 bridgehead atoms. The van der Waals surface area contributed by atoms with Crippen molar-refractivity contribution in [1.82, 2.24) is 0 Å². The molecule has 0 aromatic heterocycles. The maximum Gasteiger partial charge on any atom is 0.0867 e. The Morgan fingerprint density at radius 1 is 0.720 bits per heavy atom. The molecule has 0 saturated heterocycles. The zero-order chi connectivity index (χ0) is 18.1. The number of nitrogens with zero attached hydrogens (tertiary/aromatic N) is 2. The Balaban J connectivity index is 2.07. The maximum atomic E-state index is 9.10. The molecule has 0 amide bonds. The third kappa shape index (κ3) is 5.36. The van der Waals surface area contributed by atoms with Crippen molar-refractivity contribution in [3.05, 3.63) is 59.7 Å². The van der Waals surface area contributed by atoms with Gasteiger partial charge >= 0.3 is 0 Å². The Morgan fingerprint density at radius 2 is 1.08 bits per heavy atom. The van der Waals surface area contributed by atoms with E-state index in [0.29, 0.717) is 0 Å². The molecule has 0 atom stereocenters. The Morgan fingerprint density at radius 3 is 1.36 bits per heavy atom. The zero-order valence-electron chi connectivity index (χ0n) is 14.6. The fourth-order valence-electron chi connectivity index (χ4n) is 2.54. The first kappa shape index (κ1) is 19.1. The average Bonchev–Trinajstić information content (AvgIpc) is 2.66. The van der Waals surface area contributed by atoms with Gasteiger partial charge in [-0.1, -0.05) is 73.0 Å². The van der Waals surface area contributed by atoms with Crippen molar-refractivity contribution >= 4 is 23.2 Å². The average molecular weight is 356 g/mol. The molecule has 0 spiro atoms. The van der Waals surface area contributed by atoms with E-state index >= 15 is 0 Å². The lowest BCUT2D eigenvalue weighted by Crippen LogP contribution is -2.00. The molecule has 0 fully saturated rings. The summed E-state index contributed by atoms with van der Waals surface area (Å²) in [4.78, 5) is 2.24. The molecule has 0 saturated carbocycles. The fourth-order valence-corrected chi connectivity index (χ4v) is 3.36. The third-order valence-electron chi connectivity index (χ3n) is 3.83. The van der Waals surface area contributed by atoms with Crippen LogP contribution in [-0.4, -0.2) is 21.8 Å². The van der Waals surface area contributed by atoms with E-state index in [1.807, 2.05) is 48.5 Å². The molecule has 2 aromatic rings. The molecule has 0 heterocycles. The second kappa shape index (κ2) is 9.89. The van der Waals surface area contributed by atoms with Crippen LogP contribution in [-0.2, 0) is 0 Å². The van der Waals surface area contributed by atoms with Crippen molar-refractivity contribution in [1.29, 1.82) is 0 Å². The molecule has 0 aliphatic carbocycles. The summed E-state index contributed by atoms with van der Waals surface area (Å²) >= 11 is 1.67. The standard InChI is InChI=1S/C20H24N2O2S/c1-3-5-19(21-23)15-7-11-17(12-8-15)25-18-13-9-16(10-14-18)20(22-24)6-4-2/h7-14,23-24H,3-6H2,1-2H3/b21-19-,22-20+. The first-order chi connectivity index (χ1) is 12.2. The summed E-state index contributed by atoms with van der Waals surface area (Å²) in [5.41, 5.74) is 3.34. The van der Waals surface area contributed by atoms with Crippen molar-refractivity contribution in [2.24, 2.45) is 10.3 Å². The minimum Gasteiger partial charge on any atom is -0.411 e. The van der Waals surface area contributed by atoms with E-state index in [1.54, 1.807) is 11.8 Å². The highest BCUT2D eigenvalue weighted by atomic mass is 32.2. The van der Waals surface area contributed by atoms with E-state index in [9.17, 15) is 0 Å². The molecular weight excluding hydrogens is 332 g/mol. The maximum absolute atomic E-state index is 9.10. The molecule has 2 rings (SSSR count). The van der Waals surface area contributed by atoms with E-state index in [2.05, 4.69) is 24.2 Å². The van der Waals surface area contributed by atoms with E-state index in [0.717, 1.165) is 58.0 Å². The topological polar surface area (TPSA) is 65.2 Å². The Kier molecular flexibility index (Phi) is 7.54. The van der Waals surface area contributed by atoms with Crippen LogP contribution in [0.4, 0.5) is 0 Å². The first-order valence-electron chi connectivity index (χ1n) is 8.52. The second-order valence-electron chi connectivity index (χ2n) is 5.74. The minimum absolute atomic E-state index is 0.718. The third-order valence-corrected chi connectivity index (χ3v) is 4.84. The summed E-state index contributed by atoms with van der Waals surface area (Å²) in [6, 6.07) is 16.1. The monoisotopic (exact) mass is 356 g/mol. The fraction of sp³-hybridized carbons (Fsp3) is 0.300. The van der Waals surface area contributed by atoms with Gasteiger partial charge in [0.2, 0.25) is 0 Å². The summed E-state index contributed by atoms with van der Waals surface area (Å²) in [5.74, 6) is 0. The highest BCUT2D eigenvalue weighted by molar-refractivity contribution is 7.99. The van der Waals surface area contributed by atoms with Gasteiger partial charge in [0.25, 0.3) is 0 Å². The molecule has 4 nitrogen and oxygen atoms in total. The van der Waals surface area contributed by atoms with Gasteiger partial charge in [-0.2, -0.15) is 0 Å². The lowest BCUT2D eigenvalue weighted by Gasteiger charge is -2.07. The van der Waals surface area contributed by atoms with Gasteiger partial charge < -0.3 is 10.4 Å². The smallest absolute Gasteiger partial charge is 0.0867 e. The summed E-state index contributed by atoms with van der Waals surface area (Å²) in [6.45, 7) is 4.12. The van der Waals surface area contributed by atoms with E-state index in [1.165, 1.54) is 0 Å². The zero-order valence-corrected chi connectivity index (χ0v) is 15.5. The van der Waals surface area contributed by atoms with Crippen molar-refractivity contribution in [2.75, 3.05) is 0 Å². The lowest BCUT2D eigenvalue weighted by atomic mass is 10.1. The van der Waals surface area contributed by atoms with Crippen LogP contribution >= 0.6 is 11.8 Å². The van der Waals surface area contributed by atoms with E-state index in [-0.39, 0.29) is 0 Å². The van der Waals surface area contributed by atoms with Crippen molar-refractivity contribution in [3.63, 3.8) is 0 Å². The quantitative estimate of drug-likeness (QED) is 0.357. The molecule has 132 valence electrons. The SMILES string of the molecule is CCC/C(=N/O)c1ccc(Sc2ccc(/C(CCC)=N/O)cc2)cc1. The molecule has 0 unspecified atom stereocenters. The Hall–Kier alpha value is -2.27. The van der Waals surface area contributed by atoms with Crippen molar-refractivity contribution in [3.8, 4) is 0 Å². The van der Waals surface area contributed by atoms with Crippen molar-refractivity contribution < 1.29 is 10.4 Å². The Bertz CT molecular complexity index is 659. The van der Waals surface area contributed by atoms with Crippen molar-refractivity contribution in [2.45, 2.75) is 49.3 Å². The van der Waals surface area contributed by atoms with Gasteiger partial charge in [-0.3, -0.25) is 0 Å². The largest absolute Gasteiger partial charge is 0.411 e. The van der Waals surface area contributed by atoms with Gasteiger partial charge in [-0.25, -0.2) is 0 Å². The van der Waals surface area contributed by atoms with Crippen LogP contribution in [0.25, 0.3) is 0 Å². The van der Waals surface area contributed by atoms with Gasteiger partial charge in [-0.05, 0) is 48.2 Å². The number of benzene rings is 2. The minimum atomic E-state index is 0.718. The summed E-state index contributed by atoms with van der Waals surface area (Å²) in [6.07, 6.45) is 3.41. The van der Waals surface area contributed by atoms with E-state index in [4.69, 9.17) is 10.4 Å². The van der Waals surface area contributed by atoms with Crippen LogP contribution in [0.5, 0.6) is 0 Å². The number of oxime groups is 2. The number of hydrogen-bond donors (Lipinski definition) is 2. The summed E-state index contributed by atoms with van der Waals surface area (Å²) in [5, 5.41) is 25.0. The molecule has 0 aliphatic heterocycles. The molecule has 5 heteroatoms. The summed E-state index contributed by atoms with van der Waals surface area (Å²) < 4.78 is 0. The molecule has 25 heavy (non-hydrogen) atoms. The molecule has 0 radical (unpaired) electrons. The Labute approximate surface area is 153 Å². The second-order valence-corrected chi connectivity index (χ2v) is 6.89. The van der Waals surface area contributed by atoms with Gasteiger partial charge in [0.05, 0.1) is 11.4 Å². The molecular formula is C20H24N2O2S. The highest BCUT2D eigenvalue weighted by Gasteiger charge is 2.06. The predicted molar refractivity (Wildman–Crippen MR) is 103 cm³/mol. The molecule has 0 aliphatic rings. The lowest BCUT2D eigenvalue weighted by molar-refractivity contribution is 0.317. The van der Waals surface area contributed by atoms with Crippen LogP contribution in [0.2, 0.25) is 0 Å². The van der Waals surface area contributed by atoms with Crippen LogP contribution in [0, 0.1) is 0 Å².